The third kappa shape index (κ3) is 5.84. The number of aromatic nitrogens is 3. The molecule has 9 nitrogen and oxygen atoms in total. The van der Waals surface area contributed by atoms with E-state index in [1.165, 1.54) is 18.2 Å². The summed E-state index contributed by atoms with van der Waals surface area (Å²) in [6.45, 7) is 0. The predicted octanol–water partition coefficient (Wildman–Crippen LogP) is 7.44. The van der Waals surface area contributed by atoms with E-state index in [4.69, 9.17) is 4.74 Å². The van der Waals surface area contributed by atoms with Crippen LogP contribution in [0.25, 0.3) is 16.9 Å². The third-order valence-electron chi connectivity index (χ3n) is 5.86. The van der Waals surface area contributed by atoms with Gasteiger partial charge >= 0.3 is 6.18 Å². The predicted molar refractivity (Wildman–Crippen MR) is 136 cm³/mol. The molecule has 3 aromatic carbocycles. The number of nitrogens with zero attached hydrogens (tertiary/aromatic N) is 4. The van der Waals surface area contributed by atoms with E-state index in [-0.39, 0.29) is 39.7 Å². The monoisotopic (exact) mass is 587 g/mol. The average Bonchev–Trinajstić information content (AvgIpc) is 3.36. The zero-order chi connectivity index (χ0) is 30.2. The van der Waals surface area contributed by atoms with E-state index < -0.39 is 46.2 Å². The number of hydrogen-bond donors (Lipinski definition) is 1. The first-order valence-corrected chi connectivity index (χ1v) is 11.8. The Kier molecular flexibility index (Phi) is 7.24. The van der Waals surface area contributed by atoms with Crippen molar-refractivity contribution in [1.82, 2.24) is 14.6 Å². The van der Waals surface area contributed by atoms with Crippen LogP contribution in [0.3, 0.4) is 0 Å². The van der Waals surface area contributed by atoms with Crippen molar-refractivity contribution in [2.45, 2.75) is 12.6 Å². The number of alkyl halides is 5. The van der Waals surface area contributed by atoms with Crippen LogP contribution in [-0.4, -0.2) is 25.4 Å². The van der Waals surface area contributed by atoms with E-state index in [9.17, 15) is 41.3 Å². The van der Waals surface area contributed by atoms with Crippen LogP contribution >= 0.6 is 0 Å². The lowest BCUT2D eigenvalue weighted by atomic mass is 10.1. The number of benzene rings is 3. The highest BCUT2D eigenvalue weighted by Crippen LogP contribution is 2.35. The highest BCUT2D eigenvalue weighted by atomic mass is 19.4. The van der Waals surface area contributed by atoms with Gasteiger partial charge in [-0.1, -0.05) is 6.07 Å². The first kappa shape index (κ1) is 28.1. The van der Waals surface area contributed by atoms with E-state index >= 15 is 0 Å². The number of nitro benzene ring substituents is 1. The van der Waals surface area contributed by atoms with E-state index in [0.29, 0.717) is 6.07 Å². The van der Waals surface area contributed by atoms with Crippen LogP contribution in [0.1, 0.15) is 28.0 Å². The summed E-state index contributed by atoms with van der Waals surface area (Å²) in [5, 5.41) is 17.7. The largest absolute Gasteiger partial charge is 0.457 e. The van der Waals surface area contributed by atoms with E-state index in [1.54, 1.807) is 0 Å². The van der Waals surface area contributed by atoms with Crippen molar-refractivity contribution in [1.29, 1.82) is 0 Å². The van der Waals surface area contributed by atoms with Crippen LogP contribution in [0.2, 0.25) is 0 Å². The number of ether oxygens (including phenoxy) is 1. The summed E-state index contributed by atoms with van der Waals surface area (Å²) in [5.41, 5.74) is -2.66. The molecule has 0 saturated heterocycles. The molecule has 214 valence electrons. The van der Waals surface area contributed by atoms with Crippen LogP contribution in [0.5, 0.6) is 11.5 Å². The standard InChI is InChI=1S/C27H15F6N5O4/c28-16-6-4-14(5-7-16)22-12-23(24(29)30)37-25(36-22)21(13-34-37)26(39)35-17-9-18(38(40)41)11-20(10-17)42-19-3-1-2-15(8-19)27(31,32)33/h1-13,24H,(H,35,39). The Labute approximate surface area is 231 Å². The zero-order valence-electron chi connectivity index (χ0n) is 20.8. The lowest BCUT2D eigenvalue weighted by Gasteiger charge is -2.12. The molecule has 0 atom stereocenters. The number of halogens is 6. The maximum atomic E-state index is 13.9. The molecule has 1 N–H and O–H groups in total. The van der Waals surface area contributed by atoms with E-state index in [2.05, 4.69) is 15.4 Å². The first-order chi connectivity index (χ1) is 19.9. The number of anilines is 1. The molecule has 0 radical (unpaired) electrons. The SMILES string of the molecule is O=C(Nc1cc(Oc2cccc(C(F)(F)F)c2)cc([N+](=O)[O-])c1)c1cnn2c(C(F)F)cc(-c3ccc(F)cc3)nc12. The van der Waals surface area contributed by atoms with Gasteiger partial charge in [-0.05, 0) is 48.5 Å². The minimum atomic E-state index is -4.66. The van der Waals surface area contributed by atoms with Crippen molar-refractivity contribution >= 4 is 22.9 Å². The quantitative estimate of drug-likeness (QED) is 0.120. The second-order valence-electron chi connectivity index (χ2n) is 8.72. The number of hydrogen-bond acceptors (Lipinski definition) is 6. The third-order valence-corrected chi connectivity index (χ3v) is 5.86. The highest BCUT2D eigenvalue weighted by molar-refractivity contribution is 6.08. The van der Waals surface area contributed by atoms with Crippen molar-refractivity contribution in [2.24, 2.45) is 0 Å². The van der Waals surface area contributed by atoms with Gasteiger partial charge in [0.1, 0.15) is 28.6 Å². The average molecular weight is 587 g/mol. The van der Waals surface area contributed by atoms with Crippen LogP contribution < -0.4 is 10.1 Å². The molecule has 0 saturated carbocycles. The maximum Gasteiger partial charge on any atom is 0.416 e. The molecule has 42 heavy (non-hydrogen) atoms. The molecule has 1 amide bonds. The zero-order valence-corrected chi connectivity index (χ0v) is 20.8. The molecule has 0 bridgehead atoms. The second-order valence-corrected chi connectivity index (χ2v) is 8.72. The van der Waals surface area contributed by atoms with E-state index in [0.717, 1.165) is 59.2 Å². The van der Waals surface area contributed by atoms with Gasteiger partial charge in [-0.3, -0.25) is 14.9 Å². The smallest absolute Gasteiger partial charge is 0.416 e. The summed E-state index contributed by atoms with van der Waals surface area (Å²) < 4.78 is 86.5. The molecule has 0 aliphatic carbocycles. The summed E-state index contributed by atoms with van der Waals surface area (Å²) in [7, 11) is 0. The number of carbonyl (C=O) groups is 1. The number of nitrogens with one attached hydrogen (secondary N) is 1. The number of amides is 1. The van der Waals surface area contributed by atoms with Crippen LogP contribution in [0, 0.1) is 15.9 Å². The molecule has 5 rings (SSSR count). The summed E-state index contributed by atoms with van der Waals surface area (Å²) in [6.07, 6.45) is -6.72. The van der Waals surface area contributed by atoms with Gasteiger partial charge in [0.15, 0.2) is 5.65 Å². The summed E-state index contributed by atoms with van der Waals surface area (Å²) >= 11 is 0. The lowest BCUT2D eigenvalue weighted by molar-refractivity contribution is -0.384. The fourth-order valence-corrected chi connectivity index (χ4v) is 3.96. The molecule has 5 aromatic rings. The van der Waals surface area contributed by atoms with Gasteiger partial charge in [0, 0.05) is 17.7 Å². The van der Waals surface area contributed by atoms with Crippen molar-refractivity contribution in [3.05, 3.63) is 112 Å². The van der Waals surface area contributed by atoms with Gasteiger partial charge in [0.25, 0.3) is 18.0 Å². The van der Waals surface area contributed by atoms with Gasteiger partial charge in [0.05, 0.1) is 34.1 Å². The van der Waals surface area contributed by atoms with Crippen molar-refractivity contribution in [2.75, 3.05) is 5.32 Å². The molecule has 2 aromatic heterocycles. The Balaban J connectivity index is 1.50. The number of non-ortho nitro benzene ring substituents is 1. The molecule has 0 aliphatic rings. The summed E-state index contributed by atoms with van der Waals surface area (Å²) in [5.74, 6) is -2.05. The van der Waals surface area contributed by atoms with Crippen LogP contribution in [-0.2, 0) is 6.18 Å². The first-order valence-electron chi connectivity index (χ1n) is 11.8. The van der Waals surface area contributed by atoms with Crippen molar-refractivity contribution in [3.8, 4) is 22.8 Å². The van der Waals surface area contributed by atoms with Gasteiger partial charge in [-0.15, -0.1) is 0 Å². The van der Waals surface area contributed by atoms with Crippen LogP contribution in [0.4, 0.5) is 37.7 Å². The van der Waals surface area contributed by atoms with Gasteiger partial charge in [0.2, 0.25) is 0 Å². The number of carbonyl (C=O) groups excluding carboxylic acids is 1. The minimum absolute atomic E-state index is 0.000489. The molecule has 0 spiro atoms. The minimum Gasteiger partial charge on any atom is -0.457 e. The molecular formula is C27H15F6N5O4. The van der Waals surface area contributed by atoms with Gasteiger partial charge in [-0.2, -0.15) is 18.3 Å². The molecule has 15 heteroatoms. The Morgan fingerprint density at radius 2 is 1.74 bits per heavy atom. The lowest BCUT2D eigenvalue weighted by Crippen LogP contribution is -2.13. The molecule has 0 aliphatic heterocycles. The van der Waals surface area contributed by atoms with Crippen LogP contribution in [0.15, 0.2) is 79.0 Å². The molecular weight excluding hydrogens is 572 g/mol. The maximum absolute atomic E-state index is 13.9. The van der Waals surface area contributed by atoms with Gasteiger partial charge in [-0.25, -0.2) is 22.7 Å². The Morgan fingerprint density at radius 3 is 2.40 bits per heavy atom. The molecule has 2 heterocycles. The van der Waals surface area contributed by atoms with Crippen molar-refractivity contribution < 1.29 is 40.8 Å². The number of rotatable bonds is 7. The Hall–Kier alpha value is -5.47. The fraction of sp³-hybridized carbons (Fsp3) is 0.0741. The normalized spacial score (nSPS) is 11.6. The fourth-order valence-electron chi connectivity index (χ4n) is 3.96. The second kappa shape index (κ2) is 10.8. The number of nitro groups is 1. The topological polar surface area (TPSA) is 112 Å². The Morgan fingerprint density at radius 1 is 1.00 bits per heavy atom. The summed E-state index contributed by atoms with van der Waals surface area (Å²) in [6, 6.07) is 12.7. The van der Waals surface area contributed by atoms with Crippen molar-refractivity contribution in [3.63, 3.8) is 0 Å². The number of fused-ring (bicyclic) bond motifs is 1. The van der Waals surface area contributed by atoms with E-state index in [1.807, 2.05) is 0 Å². The van der Waals surface area contributed by atoms with Gasteiger partial charge < -0.3 is 10.1 Å². The molecule has 0 fully saturated rings. The Bertz CT molecular complexity index is 1820. The summed E-state index contributed by atoms with van der Waals surface area (Å²) in [4.78, 5) is 28.1. The molecule has 0 unspecified atom stereocenters. The highest BCUT2D eigenvalue weighted by Gasteiger charge is 2.30.